The van der Waals surface area contributed by atoms with Crippen LogP contribution in [0.2, 0.25) is 0 Å². The van der Waals surface area contributed by atoms with E-state index in [0.717, 1.165) is 27.6 Å². The molecular weight excluding hydrogens is 270 g/mol. The molecule has 4 nitrogen and oxygen atoms in total. The maximum atomic E-state index is 5.89. The Morgan fingerprint density at radius 2 is 2.00 bits per heavy atom. The van der Waals surface area contributed by atoms with Crippen LogP contribution >= 0.6 is 11.8 Å². The largest absolute Gasteiger partial charge is 0.459 e. The molecule has 1 atom stereocenters. The van der Waals surface area contributed by atoms with E-state index in [1.165, 1.54) is 0 Å². The van der Waals surface area contributed by atoms with E-state index in [0.29, 0.717) is 0 Å². The lowest BCUT2D eigenvalue weighted by Gasteiger charge is -2.12. The van der Waals surface area contributed by atoms with Gasteiger partial charge in [-0.3, -0.25) is 0 Å². The molecule has 20 heavy (non-hydrogen) atoms. The van der Waals surface area contributed by atoms with E-state index >= 15 is 0 Å². The molecule has 0 radical (unpaired) electrons. The molecule has 0 saturated heterocycles. The van der Waals surface area contributed by atoms with E-state index in [9.17, 15) is 0 Å². The first kappa shape index (κ1) is 13.1. The van der Waals surface area contributed by atoms with Crippen LogP contribution in [0.5, 0.6) is 0 Å². The highest BCUT2D eigenvalue weighted by atomic mass is 32.2. The summed E-state index contributed by atoms with van der Waals surface area (Å²) in [6.45, 7) is 0. The molecule has 0 spiro atoms. The minimum Gasteiger partial charge on any atom is -0.459 e. The van der Waals surface area contributed by atoms with Crippen LogP contribution in [0.4, 0.5) is 0 Å². The average molecular weight is 285 g/mol. The number of aromatic nitrogens is 2. The van der Waals surface area contributed by atoms with Crippen molar-refractivity contribution in [2.24, 2.45) is 0 Å². The molecule has 0 aliphatic heterocycles. The first-order valence-corrected chi connectivity index (χ1v) is 7.41. The van der Waals surface area contributed by atoms with Crippen molar-refractivity contribution in [3.05, 3.63) is 54.6 Å². The third-order valence-corrected chi connectivity index (χ3v) is 4.03. The Kier molecular flexibility index (Phi) is 3.99. The Hall–Kier alpha value is -1.85. The summed E-state index contributed by atoms with van der Waals surface area (Å²) >= 11 is 1.61. The van der Waals surface area contributed by atoms with Crippen LogP contribution in [0.3, 0.4) is 0 Å². The van der Waals surface area contributed by atoms with E-state index in [2.05, 4.69) is 27.4 Å². The van der Waals surface area contributed by atoms with Crippen LogP contribution in [-0.4, -0.2) is 22.8 Å². The van der Waals surface area contributed by atoms with Gasteiger partial charge in [-0.1, -0.05) is 30.0 Å². The first-order chi connectivity index (χ1) is 9.86. The van der Waals surface area contributed by atoms with E-state index in [-0.39, 0.29) is 6.04 Å². The summed E-state index contributed by atoms with van der Waals surface area (Å²) in [4.78, 5) is 8.43. The molecule has 1 aromatic carbocycles. The molecule has 0 amide bonds. The Labute approximate surface area is 121 Å². The van der Waals surface area contributed by atoms with Crippen molar-refractivity contribution in [1.82, 2.24) is 15.3 Å². The summed E-state index contributed by atoms with van der Waals surface area (Å²) in [7, 11) is 1.93. The molecular formula is C15H15N3OS. The second-order valence-corrected chi connectivity index (χ2v) is 5.36. The van der Waals surface area contributed by atoms with Crippen molar-refractivity contribution in [2.75, 3.05) is 12.8 Å². The predicted molar refractivity (Wildman–Crippen MR) is 80.8 cm³/mol. The molecule has 2 heterocycles. The third-order valence-electron chi connectivity index (χ3n) is 3.06. The number of hydrogen-bond acceptors (Lipinski definition) is 5. The Morgan fingerprint density at radius 3 is 2.75 bits per heavy atom. The molecule has 0 bridgehead atoms. The first-order valence-electron chi connectivity index (χ1n) is 6.42. The van der Waals surface area contributed by atoms with Gasteiger partial charge in [-0.2, -0.15) is 0 Å². The zero-order valence-electron chi connectivity index (χ0n) is 11.1. The molecule has 102 valence electrons. The molecule has 2 aromatic heterocycles. The van der Waals surface area contributed by atoms with Gasteiger partial charge >= 0.3 is 0 Å². The molecule has 0 saturated carbocycles. The van der Waals surface area contributed by atoms with Gasteiger partial charge in [0.1, 0.15) is 11.3 Å². The fourth-order valence-corrected chi connectivity index (χ4v) is 2.92. The van der Waals surface area contributed by atoms with Gasteiger partial charge in [-0.15, -0.1) is 0 Å². The highest BCUT2D eigenvalue weighted by Gasteiger charge is 2.15. The van der Waals surface area contributed by atoms with Crippen molar-refractivity contribution in [3.8, 4) is 0 Å². The number of rotatable bonds is 5. The van der Waals surface area contributed by atoms with Crippen LogP contribution in [0.25, 0.3) is 11.0 Å². The highest BCUT2D eigenvalue weighted by Crippen LogP contribution is 2.27. The van der Waals surface area contributed by atoms with Gasteiger partial charge in [-0.05, 0) is 25.2 Å². The van der Waals surface area contributed by atoms with Crippen LogP contribution in [0, 0.1) is 0 Å². The van der Waals surface area contributed by atoms with Gasteiger partial charge < -0.3 is 9.73 Å². The van der Waals surface area contributed by atoms with Crippen LogP contribution < -0.4 is 5.32 Å². The zero-order valence-corrected chi connectivity index (χ0v) is 11.9. The zero-order chi connectivity index (χ0) is 13.8. The SMILES string of the molecule is CNC(CSc1ncccn1)c1cc2ccccc2o1. The lowest BCUT2D eigenvalue weighted by molar-refractivity contribution is 0.479. The van der Waals surface area contributed by atoms with Crippen molar-refractivity contribution in [1.29, 1.82) is 0 Å². The lowest BCUT2D eigenvalue weighted by atomic mass is 10.2. The van der Waals surface area contributed by atoms with Gasteiger partial charge in [0, 0.05) is 23.5 Å². The summed E-state index contributed by atoms with van der Waals surface area (Å²) < 4.78 is 5.89. The fourth-order valence-electron chi connectivity index (χ4n) is 2.00. The number of nitrogens with zero attached hydrogens (tertiary/aromatic N) is 2. The Balaban J connectivity index is 1.75. The molecule has 1 N–H and O–H groups in total. The topological polar surface area (TPSA) is 51.0 Å². The average Bonchev–Trinajstić information content (AvgIpc) is 2.92. The Morgan fingerprint density at radius 1 is 1.20 bits per heavy atom. The quantitative estimate of drug-likeness (QED) is 0.576. The van der Waals surface area contributed by atoms with E-state index in [1.54, 1.807) is 24.2 Å². The number of fused-ring (bicyclic) bond motifs is 1. The summed E-state index contributed by atoms with van der Waals surface area (Å²) in [5.74, 6) is 1.76. The van der Waals surface area contributed by atoms with Crippen molar-refractivity contribution in [2.45, 2.75) is 11.2 Å². The third kappa shape index (κ3) is 2.84. The number of furan rings is 1. The standard InChI is InChI=1S/C15H15N3OS/c1-16-12(10-20-15-17-7-4-8-18-15)14-9-11-5-2-3-6-13(11)19-14/h2-9,12,16H,10H2,1H3. The number of hydrogen-bond donors (Lipinski definition) is 1. The molecule has 3 aromatic rings. The summed E-state index contributed by atoms with van der Waals surface area (Å²) in [6.07, 6.45) is 3.51. The number of benzene rings is 1. The fraction of sp³-hybridized carbons (Fsp3) is 0.200. The van der Waals surface area contributed by atoms with Gasteiger partial charge in [0.05, 0.1) is 6.04 Å². The van der Waals surface area contributed by atoms with Crippen molar-refractivity contribution >= 4 is 22.7 Å². The monoisotopic (exact) mass is 285 g/mol. The second kappa shape index (κ2) is 6.07. The van der Waals surface area contributed by atoms with Gasteiger partial charge in [-0.25, -0.2) is 9.97 Å². The molecule has 3 rings (SSSR count). The molecule has 0 aliphatic rings. The van der Waals surface area contributed by atoms with Gasteiger partial charge in [0.25, 0.3) is 0 Å². The number of para-hydroxylation sites is 1. The Bertz CT molecular complexity index is 651. The predicted octanol–water partition coefficient (Wildman–Crippen LogP) is 3.28. The van der Waals surface area contributed by atoms with E-state index in [1.807, 2.05) is 31.3 Å². The summed E-state index contributed by atoms with van der Waals surface area (Å²) in [6, 6.07) is 12.1. The van der Waals surface area contributed by atoms with E-state index < -0.39 is 0 Å². The maximum Gasteiger partial charge on any atom is 0.187 e. The van der Waals surface area contributed by atoms with Crippen LogP contribution in [0.15, 0.2) is 58.4 Å². The second-order valence-electron chi connectivity index (χ2n) is 4.37. The van der Waals surface area contributed by atoms with Crippen molar-refractivity contribution in [3.63, 3.8) is 0 Å². The summed E-state index contributed by atoms with van der Waals surface area (Å²) in [5, 5.41) is 5.19. The van der Waals surface area contributed by atoms with Crippen molar-refractivity contribution < 1.29 is 4.42 Å². The normalized spacial score (nSPS) is 12.7. The molecule has 0 aliphatic carbocycles. The maximum absolute atomic E-state index is 5.89. The smallest absolute Gasteiger partial charge is 0.187 e. The van der Waals surface area contributed by atoms with Crippen LogP contribution in [0.1, 0.15) is 11.8 Å². The minimum absolute atomic E-state index is 0.135. The molecule has 1 unspecified atom stereocenters. The molecule has 5 heteroatoms. The van der Waals surface area contributed by atoms with Gasteiger partial charge in [0.2, 0.25) is 0 Å². The summed E-state index contributed by atoms with van der Waals surface area (Å²) in [5.41, 5.74) is 0.920. The van der Waals surface area contributed by atoms with E-state index in [4.69, 9.17) is 4.42 Å². The highest BCUT2D eigenvalue weighted by molar-refractivity contribution is 7.99. The molecule has 0 fully saturated rings. The van der Waals surface area contributed by atoms with Gasteiger partial charge in [0.15, 0.2) is 5.16 Å². The lowest BCUT2D eigenvalue weighted by Crippen LogP contribution is -2.18. The number of thioether (sulfide) groups is 1. The van der Waals surface area contributed by atoms with Crippen LogP contribution in [-0.2, 0) is 0 Å². The number of nitrogens with one attached hydrogen (secondary N) is 1. The minimum atomic E-state index is 0.135.